The second-order valence-electron chi connectivity index (χ2n) is 5.42. The Morgan fingerprint density at radius 1 is 1.29 bits per heavy atom. The van der Waals surface area contributed by atoms with Crippen LogP contribution in [-0.2, 0) is 6.54 Å². The summed E-state index contributed by atoms with van der Waals surface area (Å²) in [6, 6.07) is 6.23. The van der Waals surface area contributed by atoms with E-state index >= 15 is 0 Å². The molecule has 2 nitrogen and oxygen atoms in total. The number of nitrogens with one attached hydrogen (secondary N) is 1. The number of hydrogen-bond acceptors (Lipinski definition) is 2. The van der Waals surface area contributed by atoms with Crippen molar-refractivity contribution in [2.75, 3.05) is 0 Å². The molecule has 1 N–H and O–H groups in total. The van der Waals surface area contributed by atoms with Crippen LogP contribution in [0.4, 0.5) is 0 Å². The Bertz CT molecular complexity index is 498. The Hall–Kier alpha value is -0.800. The quantitative estimate of drug-likeness (QED) is 0.889. The predicted molar refractivity (Wildman–Crippen MR) is 75.2 cm³/mol. The van der Waals surface area contributed by atoms with Gasteiger partial charge in [0.15, 0.2) is 0 Å². The minimum Gasteiger partial charge on any atom is -0.459 e. The third-order valence-corrected chi connectivity index (χ3v) is 3.36. The number of benzene rings is 1. The van der Waals surface area contributed by atoms with Crippen molar-refractivity contribution in [1.82, 2.24) is 5.32 Å². The highest BCUT2D eigenvalue weighted by Gasteiger charge is 2.12. The van der Waals surface area contributed by atoms with E-state index in [0.29, 0.717) is 0 Å². The first kappa shape index (κ1) is 12.7. The fourth-order valence-corrected chi connectivity index (χ4v) is 2.14. The van der Waals surface area contributed by atoms with Gasteiger partial charge in [0.25, 0.3) is 0 Å². The van der Waals surface area contributed by atoms with Gasteiger partial charge >= 0.3 is 0 Å². The third-order valence-electron chi connectivity index (χ3n) is 2.67. The second kappa shape index (κ2) is 4.46. The summed E-state index contributed by atoms with van der Waals surface area (Å²) >= 11 is 3.55. The van der Waals surface area contributed by atoms with Crippen LogP contribution in [0, 0.1) is 6.92 Å². The monoisotopic (exact) mass is 295 g/mol. The molecule has 0 amide bonds. The summed E-state index contributed by atoms with van der Waals surface area (Å²) in [6.45, 7) is 9.27. The standard InChI is InChI=1S/C14H18BrNO/c1-9-5-6-12(15)11-7-10(17-13(9)11)8-16-14(2,3)4/h5-7,16H,8H2,1-4H3. The second-order valence-corrected chi connectivity index (χ2v) is 6.28. The average molecular weight is 296 g/mol. The maximum absolute atomic E-state index is 5.88. The normalized spacial score (nSPS) is 12.3. The molecule has 3 heteroatoms. The van der Waals surface area contributed by atoms with E-state index in [-0.39, 0.29) is 5.54 Å². The van der Waals surface area contributed by atoms with E-state index in [4.69, 9.17) is 4.42 Å². The van der Waals surface area contributed by atoms with Crippen molar-refractivity contribution >= 4 is 26.9 Å². The van der Waals surface area contributed by atoms with Gasteiger partial charge < -0.3 is 9.73 Å². The van der Waals surface area contributed by atoms with Crippen molar-refractivity contribution in [1.29, 1.82) is 0 Å². The molecule has 1 aromatic carbocycles. The van der Waals surface area contributed by atoms with Gasteiger partial charge in [0, 0.05) is 15.4 Å². The van der Waals surface area contributed by atoms with Crippen molar-refractivity contribution < 1.29 is 4.42 Å². The van der Waals surface area contributed by atoms with Gasteiger partial charge in [-0.05, 0) is 45.4 Å². The van der Waals surface area contributed by atoms with Crippen molar-refractivity contribution in [3.05, 3.63) is 34.0 Å². The van der Waals surface area contributed by atoms with Gasteiger partial charge in [-0.25, -0.2) is 0 Å². The molecular weight excluding hydrogens is 278 g/mol. The van der Waals surface area contributed by atoms with E-state index in [2.05, 4.69) is 67.1 Å². The van der Waals surface area contributed by atoms with Crippen LogP contribution in [0.3, 0.4) is 0 Å². The molecule has 17 heavy (non-hydrogen) atoms. The Kier molecular flexibility index (Phi) is 3.32. The third kappa shape index (κ3) is 2.90. The summed E-state index contributed by atoms with van der Waals surface area (Å²) in [5, 5.41) is 4.58. The molecule has 0 radical (unpaired) electrons. The highest BCUT2D eigenvalue weighted by atomic mass is 79.9. The zero-order chi connectivity index (χ0) is 12.6. The topological polar surface area (TPSA) is 25.2 Å². The van der Waals surface area contributed by atoms with Crippen LogP contribution in [0.2, 0.25) is 0 Å². The number of hydrogen-bond donors (Lipinski definition) is 1. The highest BCUT2D eigenvalue weighted by molar-refractivity contribution is 9.10. The molecule has 0 aliphatic heterocycles. The Morgan fingerprint density at radius 3 is 2.59 bits per heavy atom. The lowest BCUT2D eigenvalue weighted by atomic mass is 10.1. The molecule has 2 rings (SSSR count). The SMILES string of the molecule is Cc1ccc(Br)c2cc(CNC(C)(C)C)oc12. The van der Waals surface area contributed by atoms with Crippen molar-refractivity contribution in [3.63, 3.8) is 0 Å². The molecule has 0 aliphatic carbocycles. The van der Waals surface area contributed by atoms with E-state index < -0.39 is 0 Å². The van der Waals surface area contributed by atoms with Crippen LogP contribution in [0.5, 0.6) is 0 Å². The number of aryl methyl sites for hydroxylation is 1. The summed E-state index contributed by atoms with van der Waals surface area (Å²) in [7, 11) is 0. The number of halogens is 1. The summed E-state index contributed by atoms with van der Waals surface area (Å²) < 4.78 is 6.97. The molecule has 2 aromatic rings. The summed E-state index contributed by atoms with van der Waals surface area (Å²) in [6.07, 6.45) is 0. The lowest BCUT2D eigenvalue weighted by Gasteiger charge is -2.19. The van der Waals surface area contributed by atoms with Gasteiger partial charge in [-0.3, -0.25) is 0 Å². The zero-order valence-electron chi connectivity index (χ0n) is 10.7. The van der Waals surface area contributed by atoms with Gasteiger partial charge in [0.1, 0.15) is 11.3 Å². The van der Waals surface area contributed by atoms with E-state index in [9.17, 15) is 0 Å². The minimum atomic E-state index is 0.102. The molecule has 1 aromatic heterocycles. The lowest BCUT2D eigenvalue weighted by molar-refractivity contribution is 0.395. The maximum Gasteiger partial charge on any atom is 0.138 e. The fourth-order valence-electron chi connectivity index (χ4n) is 1.72. The first-order valence-corrected chi connectivity index (χ1v) is 6.59. The molecule has 92 valence electrons. The molecule has 0 atom stereocenters. The predicted octanol–water partition coefficient (Wildman–Crippen LogP) is 4.39. The smallest absolute Gasteiger partial charge is 0.138 e. The largest absolute Gasteiger partial charge is 0.459 e. The molecule has 0 saturated heterocycles. The van der Waals surface area contributed by atoms with Crippen LogP contribution in [0.1, 0.15) is 32.1 Å². The van der Waals surface area contributed by atoms with Crippen LogP contribution in [-0.4, -0.2) is 5.54 Å². The Labute approximate surface area is 111 Å². The number of furan rings is 1. The Morgan fingerprint density at radius 2 is 2.00 bits per heavy atom. The molecule has 0 aliphatic rings. The molecular formula is C14H18BrNO. The zero-order valence-corrected chi connectivity index (χ0v) is 12.3. The molecule has 0 fully saturated rings. The van der Waals surface area contributed by atoms with Crippen molar-refractivity contribution in [2.45, 2.75) is 39.8 Å². The maximum atomic E-state index is 5.88. The number of fused-ring (bicyclic) bond motifs is 1. The average Bonchev–Trinajstić information content (AvgIpc) is 2.65. The molecule has 0 unspecified atom stereocenters. The first-order valence-electron chi connectivity index (χ1n) is 5.79. The summed E-state index contributed by atoms with van der Waals surface area (Å²) in [5.74, 6) is 0.977. The number of rotatable bonds is 2. The van der Waals surface area contributed by atoms with Crippen LogP contribution in [0.25, 0.3) is 11.0 Å². The van der Waals surface area contributed by atoms with Gasteiger partial charge in [-0.1, -0.05) is 22.0 Å². The van der Waals surface area contributed by atoms with Crippen molar-refractivity contribution in [2.24, 2.45) is 0 Å². The molecule has 0 bridgehead atoms. The molecule has 0 spiro atoms. The van der Waals surface area contributed by atoms with Crippen LogP contribution in [0.15, 0.2) is 27.1 Å². The lowest BCUT2D eigenvalue weighted by Crippen LogP contribution is -2.34. The van der Waals surface area contributed by atoms with Gasteiger partial charge in [-0.2, -0.15) is 0 Å². The van der Waals surface area contributed by atoms with E-state index in [0.717, 1.165) is 27.7 Å². The Balaban J connectivity index is 2.32. The highest BCUT2D eigenvalue weighted by Crippen LogP contribution is 2.29. The van der Waals surface area contributed by atoms with Gasteiger partial charge in [0.2, 0.25) is 0 Å². The van der Waals surface area contributed by atoms with Gasteiger partial charge in [-0.15, -0.1) is 0 Å². The van der Waals surface area contributed by atoms with E-state index in [1.807, 2.05) is 0 Å². The minimum absolute atomic E-state index is 0.102. The summed E-state index contributed by atoms with van der Waals surface area (Å²) in [5.41, 5.74) is 2.25. The van der Waals surface area contributed by atoms with Crippen LogP contribution >= 0.6 is 15.9 Å². The van der Waals surface area contributed by atoms with E-state index in [1.165, 1.54) is 5.56 Å². The van der Waals surface area contributed by atoms with Gasteiger partial charge in [0.05, 0.1) is 6.54 Å². The fraction of sp³-hybridized carbons (Fsp3) is 0.429. The molecule has 1 heterocycles. The van der Waals surface area contributed by atoms with Crippen LogP contribution < -0.4 is 5.32 Å². The van der Waals surface area contributed by atoms with Crippen molar-refractivity contribution in [3.8, 4) is 0 Å². The van der Waals surface area contributed by atoms with E-state index in [1.54, 1.807) is 0 Å². The summed E-state index contributed by atoms with van der Waals surface area (Å²) in [4.78, 5) is 0. The molecule has 0 saturated carbocycles. The first-order chi connectivity index (χ1) is 7.87.